The maximum atomic E-state index is 5.46. The minimum absolute atomic E-state index is 0.108. The third-order valence-corrected chi connectivity index (χ3v) is 5.72. The van der Waals surface area contributed by atoms with E-state index in [1.54, 1.807) is 0 Å². The van der Waals surface area contributed by atoms with Gasteiger partial charge in [0.15, 0.2) is 0 Å². The molecular weight excluding hydrogens is 338 g/mol. The molecule has 1 saturated heterocycles. The number of hydrogen-bond acceptors (Lipinski definition) is 5. The molecule has 0 bridgehead atoms. The zero-order valence-electron chi connectivity index (χ0n) is 15.8. The summed E-state index contributed by atoms with van der Waals surface area (Å²) in [5, 5.41) is 14.0. The second kappa shape index (κ2) is 6.46. The van der Waals surface area contributed by atoms with Gasteiger partial charge < -0.3 is 20.3 Å². The van der Waals surface area contributed by atoms with Gasteiger partial charge in [0.05, 0.1) is 24.8 Å². The molecule has 6 nitrogen and oxygen atoms in total. The van der Waals surface area contributed by atoms with Gasteiger partial charge in [-0.2, -0.15) is 5.10 Å². The molecule has 0 saturated carbocycles. The van der Waals surface area contributed by atoms with Crippen molar-refractivity contribution in [3.8, 4) is 0 Å². The van der Waals surface area contributed by atoms with Crippen molar-refractivity contribution in [2.45, 2.75) is 19.5 Å². The second-order valence-corrected chi connectivity index (χ2v) is 7.23. The number of ether oxygens (including phenoxy) is 1. The van der Waals surface area contributed by atoms with E-state index in [1.807, 2.05) is 17.9 Å². The molecule has 6 heteroatoms. The fourth-order valence-corrected chi connectivity index (χ4v) is 4.37. The molecule has 0 aliphatic carbocycles. The van der Waals surface area contributed by atoms with Crippen LogP contribution in [0.3, 0.4) is 0 Å². The van der Waals surface area contributed by atoms with E-state index in [9.17, 15) is 0 Å². The molecule has 1 unspecified atom stereocenters. The number of nitrogens with zero attached hydrogens (tertiary/aromatic N) is 3. The average Bonchev–Trinajstić information content (AvgIpc) is 3.29. The molecule has 1 fully saturated rings. The Morgan fingerprint density at radius 2 is 1.96 bits per heavy atom. The summed E-state index contributed by atoms with van der Waals surface area (Å²) in [5.74, 6) is 0. The van der Waals surface area contributed by atoms with Gasteiger partial charge in [-0.25, -0.2) is 0 Å². The average molecular weight is 363 g/mol. The number of anilines is 1. The summed E-state index contributed by atoms with van der Waals surface area (Å²) in [4.78, 5) is 2.39. The SMILES string of the molecule is CCC1=C(c2ccc(N3CCOCC3)cc2)NC2NC=c3cnn(C)c3=C12. The quantitative estimate of drug-likeness (QED) is 0.832. The van der Waals surface area contributed by atoms with Crippen molar-refractivity contribution in [1.29, 1.82) is 0 Å². The van der Waals surface area contributed by atoms with Crippen LogP contribution >= 0.6 is 0 Å². The lowest BCUT2D eigenvalue weighted by Gasteiger charge is -2.29. The summed E-state index contributed by atoms with van der Waals surface area (Å²) in [7, 11) is 2.02. The van der Waals surface area contributed by atoms with E-state index < -0.39 is 0 Å². The van der Waals surface area contributed by atoms with Crippen molar-refractivity contribution in [2.75, 3.05) is 31.2 Å². The Morgan fingerprint density at radius 3 is 2.70 bits per heavy atom. The van der Waals surface area contributed by atoms with E-state index in [2.05, 4.69) is 58.0 Å². The largest absolute Gasteiger partial charge is 0.378 e. The van der Waals surface area contributed by atoms with Crippen LogP contribution in [0.4, 0.5) is 5.69 Å². The molecule has 0 amide bonds. The molecule has 3 aliphatic heterocycles. The first-order chi connectivity index (χ1) is 13.3. The van der Waals surface area contributed by atoms with Crippen molar-refractivity contribution in [1.82, 2.24) is 20.4 Å². The number of benzene rings is 1. The lowest BCUT2D eigenvalue weighted by atomic mass is 9.98. The Hall–Kier alpha value is -2.73. The molecule has 3 aliphatic rings. The van der Waals surface area contributed by atoms with Crippen LogP contribution in [0.1, 0.15) is 18.9 Å². The van der Waals surface area contributed by atoms with Crippen LogP contribution in [-0.4, -0.2) is 42.2 Å². The maximum absolute atomic E-state index is 5.46. The van der Waals surface area contributed by atoms with E-state index in [-0.39, 0.29) is 6.17 Å². The molecular formula is C21H25N5O. The normalized spacial score (nSPS) is 21.3. The molecule has 5 rings (SSSR count). The lowest BCUT2D eigenvalue weighted by molar-refractivity contribution is 0.122. The number of fused-ring (bicyclic) bond motifs is 2. The van der Waals surface area contributed by atoms with Crippen LogP contribution in [-0.2, 0) is 11.8 Å². The van der Waals surface area contributed by atoms with Gasteiger partial charge in [0.1, 0.15) is 6.17 Å². The number of rotatable bonds is 3. The summed E-state index contributed by atoms with van der Waals surface area (Å²) in [6.45, 7) is 5.77. The maximum Gasteiger partial charge on any atom is 0.125 e. The van der Waals surface area contributed by atoms with E-state index >= 15 is 0 Å². The number of aromatic nitrogens is 2. The number of hydrogen-bond donors (Lipinski definition) is 2. The Kier molecular flexibility index (Phi) is 3.93. The van der Waals surface area contributed by atoms with E-state index in [1.165, 1.54) is 33.4 Å². The van der Waals surface area contributed by atoms with Crippen LogP contribution in [0.15, 0.2) is 36.0 Å². The summed E-state index contributed by atoms with van der Waals surface area (Å²) < 4.78 is 7.44. The first kappa shape index (κ1) is 16.4. The molecule has 27 heavy (non-hydrogen) atoms. The molecule has 140 valence electrons. The van der Waals surface area contributed by atoms with Crippen molar-refractivity contribution in [3.05, 3.63) is 52.2 Å². The third kappa shape index (κ3) is 2.63. The van der Waals surface area contributed by atoms with Crippen molar-refractivity contribution >= 4 is 23.2 Å². The summed E-state index contributed by atoms with van der Waals surface area (Å²) in [6, 6.07) is 8.91. The summed E-state index contributed by atoms with van der Waals surface area (Å²) >= 11 is 0. The van der Waals surface area contributed by atoms with E-state index in [4.69, 9.17) is 4.74 Å². The standard InChI is InChI=1S/C21H25N5O/c1-3-17-18-20-15(13-23-25(20)2)12-22-21(18)24-19(17)14-4-6-16(7-5-14)26-8-10-27-11-9-26/h4-7,12-13,21-22,24H,3,8-11H2,1-2H3. The highest BCUT2D eigenvalue weighted by Gasteiger charge is 2.31. The van der Waals surface area contributed by atoms with Crippen LogP contribution in [0.25, 0.3) is 17.5 Å². The van der Waals surface area contributed by atoms with Gasteiger partial charge in [-0.15, -0.1) is 0 Å². The van der Waals surface area contributed by atoms with Gasteiger partial charge in [0, 0.05) is 48.5 Å². The predicted molar refractivity (Wildman–Crippen MR) is 107 cm³/mol. The number of nitrogens with one attached hydrogen (secondary N) is 2. The van der Waals surface area contributed by atoms with Crippen LogP contribution < -0.4 is 26.1 Å². The lowest BCUT2D eigenvalue weighted by Crippen LogP contribution is -2.47. The van der Waals surface area contributed by atoms with Gasteiger partial charge in [0.2, 0.25) is 0 Å². The summed E-state index contributed by atoms with van der Waals surface area (Å²) in [5.41, 5.74) is 6.41. The fraction of sp³-hybridized carbons (Fsp3) is 0.381. The van der Waals surface area contributed by atoms with Crippen LogP contribution in [0.2, 0.25) is 0 Å². The first-order valence-corrected chi connectivity index (χ1v) is 9.68. The summed E-state index contributed by atoms with van der Waals surface area (Å²) in [6.07, 6.45) is 5.07. The topological polar surface area (TPSA) is 54.4 Å². The molecule has 2 aromatic rings. The van der Waals surface area contributed by atoms with Crippen molar-refractivity contribution in [3.63, 3.8) is 0 Å². The van der Waals surface area contributed by atoms with Gasteiger partial charge in [-0.05, 0) is 29.7 Å². The second-order valence-electron chi connectivity index (χ2n) is 7.23. The Morgan fingerprint density at radius 1 is 1.19 bits per heavy atom. The first-order valence-electron chi connectivity index (χ1n) is 9.68. The molecule has 1 atom stereocenters. The van der Waals surface area contributed by atoms with Gasteiger partial charge >= 0.3 is 0 Å². The zero-order chi connectivity index (χ0) is 18.4. The predicted octanol–water partition coefficient (Wildman–Crippen LogP) is 0.499. The molecule has 0 spiro atoms. The van der Waals surface area contributed by atoms with Crippen LogP contribution in [0.5, 0.6) is 0 Å². The van der Waals surface area contributed by atoms with Crippen molar-refractivity contribution in [2.24, 2.45) is 7.05 Å². The molecule has 0 radical (unpaired) electrons. The van der Waals surface area contributed by atoms with Gasteiger partial charge in [-0.1, -0.05) is 19.1 Å². The monoisotopic (exact) mass is 363 g/mol. The Balaban J connectivity index is 1.56. The minimum Gasteiger partial charge on any atom is -0.378 e. The van der Waals surface area contributed by atoms with Crippen LogP contribution in [0, 0.1) is 0 Å². The zero-order valence-corrected chi connectivity index (χ0v) is 15.8. The van der Waals surface area contributed by atoms with Gasteiger partial charge in [0.25, 0.3) is 0 Å². The smallest absolute Gasteiger partial charge is 0.125 e. The fourth-order valence-electron chi connectivity index (χ4n) is 4.37. The number of aryl methyl sites for hydroxylation is 1. The molecule has 1 aromatic heterocycles. The highest BCUT2D eigenvalue weighted by atomic mass is 16.5. The molecule has 4 heterocycles. The highest BCUT2D eigenvalue weighted by molar-refractivity contribution is 5.89. The Labute approximate surface area is 158 Å². The molecule has 2 N–H and O–H groups in total. The third-order valence-electron chi connectivity index (χ3n) is 5.72. The van der Waals surface area contributed by atoms with E-state index in [0.717, 1.165) is 37.9 Å². The minimum atomic E-state index is 0.108. The van der Waals surface area contributed by atoms with Crippen molar-refractivity contribution < 1.29 is 4.74 Å². The molecule has 1 aromatic carbocycles. The highest BCUT2D eigenvalue weighted by Crippen LogP contribution is 2.34. The van der Waals surface area contributed by atoms with Gasteiger partial charge in [-0.3, -0.25) is 4.68 Å². The van der Waals surface area contributed by atoms with E-state index in [0.29, 0.717) is 0 Å². The number of morpholine rings is 1. The Bertz CT molecular complexity index is 1010.